The van der Waals surface area contributed by atoms with Crippen molar-refractivity contribution in [3.63, 3.8) is 0 Å². The Hall–Kier alpha value is -1.37. The molecule has 14 heavy (non-hydrogen) atoms. The third kappa shape index (κ3) is 1.39. The highest BCUT2D eigenvalue weighted by molar-refractivity contribution is 5.88. The van der Waals surface area contributed by atoms with Crippen LogP contribution in [0.1, 0.15) is 30.9 Å². The number of hydrogen-bond acceptors (Lipinski definition) is 1. The third-order valence-electron chi connectivity index (χ3n) is 2.69. The summed E-state index contributed by atoms with van der Waals surface area (Å²) in [5.74, 6) is 0.570. The highest BCUT2D eigenvalue weighted by Gasteiger charge is 2.05. The minimum atomic E-state index is 0.570. The molecule has 1 aromatic carbocycles. The molecule has 72 valence electrons. The number of rotatable bonds is 1. The first-order valence-electron chi connectivity index (χ1n) is 5.03. The van der Waals surface area contributed by atoms with E-state index in [1.807, 2.05) is 12.4 Å². The van der Waals surface area contributed by atoms with Crippen LogP contribution in [0.5, 0.6) is 0 Å². The minimum absolute atomic E-state index is 0.570. The number of aromatic nitrogens is 1. The van der Waals surface area contributed by atoms with Crippen molar-refractivity contribution in [2.75, 3.05) is 0 Å². The molecule has 0 saturated carbocycles. The van der Waals surface area contributed by atoms with Crippen LogP contribution in [0, 0.1) is 6.92 Å². The van der Waals surface area contributed by atoms with E-state index in [0.29, 0.717) is 5.92 Å². The lowest BCUT2D eigenvalue weighted by Gasteiger charge is -2.11. The molecule has 1 heterocycles. The van der Waals surface area contributed by atoms with Gasteiger partial charge in [0, 0.05) is 17.8 Å². The van der Waals surface area contributed by atoms with E-state index in [-0.39, 0.29) is 0 Å². The molecule has 0 atom stereocenters. The zero-order valence-electron chi connectivity index (χ0n) is 8.91. The standard InChI is InChI=1S/C13H15N/c1-9(2)11-5-4-10(3)13-8-14-7-6-12(11)13/h4-9H,1-3H3. The van der Waals surface area contributed by atoms with Crippen LogP contribution in [0.3, 0.4) is 0 Å². The maximum absolute atomic E-state index is 4.17. The molecule has 0 radical (unpaired) electrons. The molecular weight excluding hydrogens is 170 g/mol. The molecule has 1 nitrogen and oxygen atoms in total. The number of hydrogen-bond donors (Lipinski definition) is 0. The fourth-order valence-corrected chi connectivity index (χ4v) is 1.86. The second-order valence-corrected chi connectivity index (χ2v) is 4.05. The molecule has 2 aromatic rings. The molecule has 0 spiro atoms. The maximum atomic E-state index is 4.17. The minimum Gasteiger partial charge on any atom is -0.264 e. The van der Waals surface area contributed by atoms with Crippen LogP contribution in [-0.2, 0) is 0 Å². The van der Waals surface area contributed by atoms with Gasteiger partial charge in [0.25, 0.3) is 0 Å². The monoisotopic (exact) mass is 185 g/mol. The van der Waals surface area contributed by atoms with E-state index in [4.69, 9.17) is 0 Å². The fraction of sp³-hybridized carbons (Fsp3) is 0.308. The van der Waals surface area contributed by atoms with E-state index in [0.717, 1.165) is 0 Å². The zero-order chi connectivity index (χ0) is 10.1. The van der Waals surface area contributed by atoms with E-state index >= 15 is 0 Å². The lowest BCUT2D eigenvalue weighted by Crippen LogP contribution is -1.91. The molecule has 0 unspecified atom stereocenters. The average Bonchev–Trinajstić information content (AvgIpc) is 2.18. The Balaban J connectivity index is 2.82. The zero-order valence-corrected chi connectivity index (χ0v) is 8.91. The van der Waals surface area contributed by atoms with Gasteiger partial charge in [-0.1, -0.05) is 26.0 Å². The molecule has 0 aliphatic rings. The number of aryl methyl sites for hydroxylation is 1. The van der Waals surface area contributed by atoms with E-state index in [9.17, 15) is 0 Å². The van der Waals surface area contributed by atoms with E-state index < -0.39 is 0 Å². The molecule has 0 amide bonds. The van der Waals surface area contributed by atoms with Crippen LogP contribution in [0.2, 0.25) is 0 Å². The summed E-state index contributed by atoms with van der Waals surface area (Å²) in [6.07, 6.45) is 3.82. The summed E-state index contributed by atoms with van der Waals surface area (Å²) in [5.41, 5.74) is 2.71. The van der Waals surface area contributed by atoms with Gasteiger partial charge in [-0.3, -0.25) is 4.98 Å². The summed E-state index contributed by atoms with van der Waals surface area (Å²) in [6.45, 7) is 6.59. The summed E-state index contributed by atoms with van der Waals surface area (Å²) >= 11 is 0. The van der Waals surface area contributed by atoms with Crippen molar-refractivity contribution in [2.24, 2.45) is 0 Å². The van der Waals surface area contributed by atoms with Crippen LogP contribution >= 0.6 is 0 Å². The van der Waals surface area contributed by atoms with Crippen molar-refractivity contribution in [3.05, 3.63) is 41.7 Å². The Morgan fingerprint density at radius 1 is 1.07 bits per heavy atom. The SMILES string of the molecule is Cc1ccc(C(C)C)c2ccncc12. The lowest BCUT2D eigenvalue weighted by atomic mass is 9.95. The Kier molecular flexibility index (Phi) is 2.24. The Morgan fingerprint density at radius 3 is 2.57 bits per heavy atom. The smallest absolute Gasteiger partial charge is 0.0349 e. The summed E-state index contributed by atoms with van der Waals surface area (Å²) < 4.78 is 0. The van der Waals surface area contributed by atoms with Crippen molar-refractivity contribution in [2.45, 2.75) is 26.7 Å². The number of fused-ring (bicyclic) bond motifs is 1. The first-order chi connectivity index (χ1) is 6.70. The van der Waals surface area contributed by atoms with E-state index in [1.54, 1.807) is 0 Å². The van der Waals surface area contributed by atoms with Gasteiger partial charge in [-0.25, -0.2) is 0 Å². The van der Waals surface area contributed by atoms with Crippen molar-refractivity contribution in [1.82, 2.24) is 4.98 Å². The third-order valence-corrected chi connectivity index (χ3v) is 2.69. The van der Waals surface area contributed by atoms with Gasteiger partial charge in [-0.2, -0.15) is 0 Å². The Morgan fingerprint density at radius 2 is 1.86 bits per heavy atom. The predicted octanol–water partition coefficient (Wildman–Crippen LogP) is 3.67. The van der Waals surface area contributed by atoms with Gasteiger partial charge in [0.05, 0.1) is 0 Å². The molecule has 1 aromatic heterocycles. The molecule has 0 aliphatic heterocycles. The number of benzene rings is 1. The Labute approximate surface area is 84.8 Å². The van der Waals surface area contributed by atoms with Gasteiger partial charge in [-0.05, 0) is 35.4 Å². The second-order valence-electron chi connectivity index (χ2n) is 4.05. The van der Waals surface area contributed by atoms with Gasteiger partial charge in [0.2, 0.25) is 0 Å². The topological polar surface area (TPSA) is 12.9 Å². The summed E-state index contributed by atoms with van der Waals surface area (Å²) in [6, 6.07) is 6.51. The largest absolute Gasteiger partial charge is 0.264 e. The quantitative estimate of drug-likeness (QED) is 0.660. The van der Waals surface area contributed by atoms with Crippen LogP contribution in [0.15, 0.2) is 30.6 Å². The summed E-state index contributed by atoms with van der Waals surface area (Å²) in [7, 11) is 0. The van der Waals surface area contributed by atoms with Gasteiger partial charge in [-0.15, -0.1) is 0 Å². The highest BCUT2D eigenvalue weighted by atomic mass is 14.6. The lowest BCUT2D eigenvalue weighted by molar-refractivity contribution is 0.876. The van der Waals surface area contributed by atoms with Crippen LogP contribution < -0.4 is 0 Å². The van der Waals surface area contributed by atoms with Gasteiger partial charge in [0.1, 0.15) is 0 Å². The van der Waals surface area contributed by atoms with E-state index in [1.165, 1.54) is 21.9 Å². The maximum Gasteiger partial charge on any atom is 0.0349 e. The predicted molar refractivity (Wildman–Crippen MR) is 60.6 cm³/mol. The van der Waals surface area contributed by atoms with Crippen LogP contribution in [0.4, 0.5) is 0 Å². The van der Waals surface area contributed by atoms with Crippen molar-refractivity contribution in [1.29, 1.82) is 0 Å². The fourth-order valence-electron chi connectivity index (χ4n) is 1.86. The first-order valence-corrected chi connectivity index (χ1v) is 5.03. The number of nitrogens with zero attached hydrogens (tertiary/aromatic N) is 1. The highest BCUT2D eigenvalue weighted by Crippen LogP contribution is 2.26. The Bertz CT molecular complexity index is 458. The van der Waals surface area contributed by atoms with Crippen LogP contribution in [0.25, 0.3) is 10.8 Å². The molecule has 0 fully saturated rings. The first kappa shape index (κ1) is 9.20. The van der Waals surface area contributed by atoms with Crippen LogP contribution in [-0.4, -0.2) is 4.98 Å². The molecule has 1 heteroatoms. The van der Waals surface area contributed by atoms with Crippen molar-refractivity contribution < 1.29 is 0 Å². The molecule has 0 bridgehead atoms. The molecule has 2 rings (SSSR count). The second kappa shape index (κ2) is 3.41. The van der Waals surface area contributed by atoms with Gasteiger partial charge in [0.15, 0.2) is 0 Å². The molecular formula is C13H15N. The number of pyridine rings is 1. The molecule has 0 aliphatic carbocycles. The van der Waals surface area contributed by atoms with E-state index in [2.05, 4.69) is 44.0 Å². The molecule has 0 N–H and O–H groups in total. The molecule has 0 saturated heterocycles. The van der Waals surface area contributed by atoms with Gasteiger partial charge >= 0.3 is 0 Å². The van der Waals surface area contributed by atoms with Gasteiger partial charge < -0.3 is 0 Å². The van der Waals surface area contributed by atoms with Crippen molar-refractivity contribution >= 4 is 10.8 Å². The normalized spacial score (nSPS) is 11.1. The van der Waals surface area contributed by atoms with Crippen molar-refractivity contribution in [3.8, 4) is 0 Å². The average molecular weight is 185 g/mol. The summed E-state index contributed by atoms with van der Waals surface area (Å²) in [4.78, 5) is 4.17. The summed E-state index contributed by atoms with van der Waals surface area (Å²) in [5, 5.41) is 2.62.